The molecule has 0 atom stereocenters. The maximum absolute atomic E-state index is 12.9. The summed E-state index contributed by atoms with van der Waals surface area (Å²) in [6, 6.07) is 14.2. The van der Waals surface area contributed by atoms with Crippen LogP contribution in [0.4, 0.5) is 10.5 Å². The highest BCUT2D eigenvalue weighted by molar-refractivity contribution is 7.09. The Labute approximate surface area is 148 Å². The van der Waals surface area contributed by atoms with E-state index in [4.69, 9.17) is 0 Å². The summed E-state index contributed by atoms with van der Waals surface area (Å²) in [4.78, 5) is 18.6. The van der Waals surface area contributed by atoms with Gasteiger partial charge in [-0.25, -0.2) is 4.79 Å². The van der Waals surface area contributed by atoms with Crippen molar-refractivity contribution in [2.45, 2.75) is 32.4 Å². The van der Waals surface area contributed by atoms with Crippen molar-refractivity contribution in [1.29, 1.82) is 0 Å². The SMILES string of the molecule is CCN1CCC(N(Cc2cccs2)C(=O)Nc2ccccc2)CC1. The molecule has 3 rings (SSSR count). The first-order valence-corrected chi connectivity index (χ1v) is 9.51. The summed E-state index contributed by atoms with van der Waals surface area (Å²) in [6.07, 6.45) is 2.09. The van der Waals surface area contributed by atoms with Crippen LogP contribution in [0.25, 0.3) is 0 Å². The van der Waals surface area contributed by atoms with Crippen molar-refractivity contribution in [3.05, 3.63) is 52.7 Å². The number of rotatable bonds is 5. The molecule has 0 saturated carbocycles. The Morgan fingerprint density at radius 1 is 1.21 bits per heavy atom. The molecule has 1 aromatic heterocycles. The number of hydrogen-bond acceptors (Lipinski definition) is 3. The molecule has 4 nitrogen and oxygen atoms in total. The highest BCUT2D eigenvalue weighted by Crippen LogP contribution is 2.22. The lowest BCUT2D eigenvalue weighted by atomic mass is 10.0. The number of urea groups is 1. The molecule has 1 fully saturated rings. The minimum absolute atomic E-state index is 0.00421. The molecule has 0 aliphatic carbocycles. The van der Waals surface area contributed by atoms with Crippen molar-refractivity contribution < 1.29 is 4.79 Å². The Bertz CT molecular complexity index is 621. The van der Waals surface area contributed by atoms with Gasteiger partial charge >= 0.3 is 6.03 Å². The number of carbonyl (C=O) groups is 1. The van der Waals surface area contributed by atoms with Crippen molar-refractivity contribution >= 4 is 23.1 Å². The smallest absolute Gasteiger partial charge is 0.316 e. The van der Waals surface area contributed by atoms with Crippen LogP contribution in [0.1, 0.15) is 24.6 Å². The average molecular weight is 343 g/mol. The van der Waals surface area contributed by atoms with E-state index in [9.17, 15) is 4.79 Å². The highest BCUT2D eigenvalue weighted by Gasteiger charge is 2.28. The van der Waals surface area contributed by atoms with Crippen LogP contribution < -0.4 is 5.32 Å². The zero-order valence-electron chi connectivity index (χ0n) is 14.1. The molecule has 0 spiro atoms. The number of para-hydroxylation sites is 1. The summed E-state index contributed by atoms with van der Waals surface area (Å²) in [5.74, 6) is 0. The van der Waals surface area contributed by atoms with Gasteiger partial charge in [0, 0.05) is 29.7 Å². The molecule has 1 aliphatic rings. The molecule has 2 amide bonds. The normalized spacial score (nSPS) is 16.0. The Hall–Kier alpha value is -1.85. The van der Waals surface area contributed by atoms with Crippen molar-refractivity contribution in [1.82, 2.24) is 9.80 Å². The van der Waals surface area contributed by atoms with Gasteiger partial charge in [-0.3, -0.25) is 0 Å². The second-order valence-corrected chi connectivity index (χ2v) is 7.20. The maximum atomic E-state index is 12.9. The molecule has 0 bridgehead atoms. The third-order valence-corrected chi connectivity index (χ3v) is 5.50. The molecule has 0 radical (unpaired) electrons. The van der Waals surface area contributed by atoms with E-state index in [-0.39, 0.29) is 6.03 Å². The summed E-state index contributed by atoms with van der Waals surface area (Å²) in [5, 5.41) is 5.13. The van der Waals surface area contributed by atoms with E-state index in [1.807, 2.05) is 41.3 Å². The van der Waals surface area contributed by atoms with E-state index in [1.54, 1.807) is 11.3 Å². The number of thiophene rings is 1. The van der Waals surface area contributed by atoms with E-state index < -0.39 is 0 Å². The third-order valence-electron chi connectivity index (χ3n) is 4.64. The molecule has 2 heterocycles. The van der Waals surface area contributed by atoms with E-state index in [0.29, 0.717) is 12.6 Å². The number of likely N-dealkylation sites (tertiary alicyclic amines) is 1. The first-order valence-electron chi connectivity index (χ1n) is 8.63. The monoisotopic (exact) mass is 343 g/mol. The molecular weight excluding hydrogens is 318 g/mol. The van der Waals surface area contributed by atoms with E-state index in [0.717, 1.165) is 38.2 Å². The average Bonchev–Trinajstić information content (AvgIpc) is 3.14. The molecule has 1 aliphatic heterocycles. The number of nitrogens with zero attached hydrogens (tertiary/aromatic N) is 2. The minimum Gasteiger partial charge on any atom is -0.316 e. The summed E-state index contributed by atoms with van der Waals surface area (Å²) < 4.78 is 0. The van der Waals surface area contributed by atoms with Crippen LogP contribution >= 0.6 is 11.3 Å². The molecule has 24 heavy (non-hydrogen) atoms. The Morgan fingerprint density at radius 3 is 2.58 bits per heavy atom. The van der Waals surface area contributed by atoms with Gasteiger partial charge in [0.05, 0.1) is 6.54 Å². The van der Waals surface area contributed by atoms with Gasteiger partial charge in [-0.15, -0.1) is 11.3 Å². The topological polar surface area (TPSA) is 35.6 Å². The van der Waals surface area contributed by atoms with Gasteiger partial charge < -0.3 is 15.1 Å². The maximum Gasteiger partial charge on any atom is 0.322 e. The first-order chi connectivity index (χ1) is 11.8. The number of anilines is 1. The van der Waals surface area contributed by atoms with Crippen LogP contribution in [0.15, 0.2) is 47.8 Å². The number of nitrogens with one attached hydrogen (secondary N) is 1. The lowest BCUT2D eigenvalue weighted by molar-refractivity contribution is 0.127. The predicted octanol–water partition coefficient (Wildman–Crippen LogP) is 4.27. The largest absolute Gasteiger partial charge is 0.322 e. The first kappa shape index (κ1) is 17.0. The lowest BCUT2D eigenvalue weighted by Gasteiger charge is -2.38. The summed E-state index contributed by atoms with van der Waals surface area (Å²) in [5.41, 5.74) is 0.852. The van der Waals surface area contributed by atoms with Crippen molar-refractivity contribution in [2.75, 3.05) is 25.0 Å². The number of benzene rings is 1. The second kappa shape index (κ2) is 8.31. The third kappa shape index (κ3) is 4.36. The lowest BCUT2D eigenvalue weighted by Crippen LogP contribution is -2.48. The molecule has 1 aromatic carbocycles. The predicted molar refractivity (Wildman–Crippen MR) is 100 cm³/mol. The van der Waals surface area contributed by atoms with Gasteiger partial charge in [-0.05, 0) is 43.0 Å². The fraction of sp³-hybridized carbons (Fsp3) is 0.421. The molecule has 5 heteroatoms. The van der Waals surface area contributed by atoms with Crippen molar-refractivity contribution in [2.24, 2.45) is 0 Å². The van der Waals surface area contributed by atoms with Crippen molar-refractivity contribution in [3.63, 3.8) is 0 Å². The Balaban J connectivity index is 1.70. The van der Waals surface area contributed by atoms with Crippen LogP contribution in [0.3, 0.4) is 0 Å². The van der Waals surface area contributed by atoms with Gasteiger partial charge in [0.15, 0.2) is 0 Å². The quantitative estimate of drug-likeness (QED) is 0.880. The van der Waals surface area contributed by atoms with Crippen LogP contribution in [0.2, 0.25) is 0 Å². The molecule has 1 saturated heterocycles. The number of amides is 2. The Kier molecular flexibility index (Phi) is 5.88. The van der Waals surface area contributed by atoms with E-state index >= 15 is 0 Å². The second-order valence-electron chi connectivity index (χ2n) is 6.17. The summed E-state index contributed by atoms with van der Waals surface area (Å²) in [7, 11) is 0. The van der Waals surface area contributed by atoms with Crippen LogP contribution in [0, 0.1) is 0 Å². The van der Waals surface area contributed by atoms with Gasteiger partial charge in [-0.2, -0.15) is 0 Å². The molecule has 1 N–H and O–H groups in total. The molecular formula is C19H25N3OS. The zero-order chi connectivity index (χ0) is 16.8. The van der Waals surface area contributed by atoms with E-state index in [1.165, 1.54) is 4.88 Å². The summed E-state index contributed by atoms with van der Waals surface area (Å²) >= 11 is 1.71. The van der Waals surface area contributed by atoms with Gasteiger partial charge in [0.2, 0.25) is 0 Å². The zero-order valence-corrected chi connectivity index (χ0v) is 15.0. The number of carbonyl (C=O) groups excluding carboxylic acids is 1. The van der Waals surface area contributed by atoms with Gasteiger partial charge in [0.25, 0.3) is 0 Å². The van der Waals surface area contributed by atoms with E-state index in [2.05, 4.69) is 28.6 Å². The van der Waals surface area contributed by atoms with Crippen LogP contribution in [-0.4, -0.2) is 41.5 Å². The highest BCUT2D eigenvalue weighted by atomic mass is 32.1. The fourth-order valence-corrected chi connectivity index (χ4v) is 3.90. The number of piperidine rings is 1. The standard InChI is InChI=1S/C19H25N3OS/c1-2-21-12-10-17(11-13-21)22(15-18-9-6-14-24-18)19(23)20-16-7-4-3-5-8-16/h3-9,14,17H,2,10-13,15H2,1H3,(H,20,23). The minimum atomic E-state index is 0.00421. The van der Waals surface area contributed by atoms with Gasteiger partial charge in [0.1, 0.15) is 0 Å². The fourth-order valence-electron chi connectivity index (χ4n) is 3.20. The number of hydrogen-bond donors (Lipinski definition) is 1. The molecule has 2 aromatic rings. The molecule has 0 unspecified atom stereocenters. The van der Waals surface area contributed by atoms with Gasteiger partial charge in [-0.1, -0.05) is 31.2 Å². The van der Waals surface area contributed by atoms with Crippen LogP contribution in [-0.2, 0) is 6.54 Å². The summed E-state index contributed by atoms with van der Waals surface area (Å²) in [6.45, 7) is 6.12. The van der Waals surface area contributed by atoms with Crippen LogP contribution in [0.5, 0.6) is 0 Å². The molecule has 128 valence electrons. The Morgan fingerprint density at radius 2 is 1.96 bits per heavy atom. The van der Waals surface area contributed by atoms with Crippen molar-refractivity contribution in [3.8, 4) is 0 Å².